The summed E-state index contributed by atoms with van der Waals surface area (Å²) in [6, 6.07) is 4.57. The van der Waals surface area contributed by atoms with Crippen LogP contribution in [0.2, 0.25) is 0 Å². The van der Waals surface area contributed by atoms with Crippen LogP contribution in [0, 0.1) is 0 Å². The van der Waals surface area contributed by atoms with Gasteiger partial charge in [0.1, 0.15) is 6.61 Å². The van der Waals surface area contributed by atoms with Crippen LogP contribution in [0.15, 0.2) is 18.2 Å². The molecule has 1 aromatic rings. The van der Waals surface area contributed by atoms with E-state index < -0.39 is 13.0 Å². The summed E-state index contributed by atoms with van der Waals surface area (Å²) in [6.07, 6.45) is -4.17. The van der Waals surface area contributed by atoms with Crippen molar-refractivity contribution < 1.29 is 32.2 Å². The van der Waals surface area contributed by atoms with Gasteiger partial charge in [0.15, 0.2) is 17.8 Å². The second kappa shape index (κ2) is 6.25. The Morgan fingerprint density at radius 1 is 1.28 bits per heavy atom. The fourth-order valence-corrected chi connectivity index (χ4v) is 1.24. The Morgan fingerprint density at radius 2 is 2.00 bits per heavy atom. The maximum absolute atomic E-state index is 11.7. The zero-order chi connectivity index (χ0) is 13.6. The molecule has 0 radical (unpaired) electrons. The number of para-hydroxylation sites is 1. The van der Waals surface area contributed by atoms with Gasteiger partial charge < -0.3 is 9.47 Å². The summed E-state index contributed by atoms with van der Waals surface area (Å²) in [6.45, 7) is -1.01. The molecule has 100 valence electrons. The highest BCUT2D eigenvalue weighted by Gasteiger charge is 2.28. The number of alkyl halides is 3. The number of carbonyl (C=O) groups excluding carboxylic acids is 1. The maximum Gasteiger partial charge on any atom is 0.522 e. The molecule has 18 heavy (non-hydrogen) atoms. The number of hydrogen-bond donors (Lipinski definition) is 0. The van der Waals surface area contributed by atoms with Gasteiger partial charge in [-0.1, -0.05) is 6.07 Å². The average Bonchev–Trinajstić information content (AvgIpc) is 2.33. The topological polar surface area (TPSA) is 44.8 Å². The summed E-state index contributed by atoms with van der Waals surface area (Å²) in [5.41, 5.74) is 0.196. The van der Waals surface area contributed by atoms with E-state index in [-0.39, 0.29) is 23.7 Å². The Balaban J connectivity index is 2.63. The molecule has 1 rings (SSSR count). The molecule has 0 heterocycles. The van der Waals surface area contributed by atoms with Gasteiger partial charge in [-0.2, -0.15) is 0 Å². The standard InChI is InChI=1S/C11H11F3O4/c1-16-9-4-2-3-8(7-15)10(9)17-5-6-18-11(12,13)14/h2-4,7H,5-6H2,1H3. The molecule has 0 bridgehead atoms. The molecule has 0 aromatic heterocycles. The average molecular weight is 264 g/mol. The first-order valence-electron chi connectivity index (χ1n) is 4.93. The van der Waals surface area contributed by atoms with Crippen molar-refractivity contribution >= 4 is 6.29 Å². The van der Waals surface area contributed by atoms with Crippen molar-refractivity contribution in [1.82, 2.24) is 0 Å². The van der Waals surface area contributed by atoms with Crippen LogP contribution >= 0.6 is 0 Å². The molecule has 1 aromatic carbocycles. The molecular formula is C11H11F3O4. The molecular weight excluding hydrogens is 253 g/mol. The summed E-state index contributed by atoms with van der Waals surface area (Å²) >= 11 is 0. The minimum Gasteiger partial charge on any atom is -0.493 e. The van der Waals surface area contributed by atoms with Crippen LogP contribution in [0.1, 0.15) is 10.4 Å². The lowest BCUT2D eigenvalue weighted by molar-refractivity contribution is -0.325. The van der Waals surface area contributed by atoms with E-state index in [4.69, 9.17) is 9.47 Å². The molecule has 0 unspecified atom stereocenters. The minimum absolute atomic E-state index is 0.0979. The summed E-state index contributed by atoms with van der Waals surface area (Å²) in [5, 5.41) is 0. The van der Waals surface area contributed by atoms with Gasteiger partial charge in [-0.15, -0.1) is 13.2 Å². The van der Waals surface area contributed by atoms with Crippen molar-refractivity contribution in [2.75, 3.05) is 20.3 Å². The Kier molecular flexibility index (Phi) is 4.96. The molecule has 0 saturated heterocycles. The largest absolute Gasteiger partial charge is 0.522 e. The van der Waals surface area contributed by atoms with Gasteiger partial charge in [0.05, 0.1) is 19.3 Å². The SMILES string of the molecule is COc1cccc(C=O)c1OCCOC(F)(F)F. The molecule has 0 fully saturated rings. The van der Waals surface area contributed by atoms with Crippen molar-refractivity contribution in [3.63, 3.8) is 0 Å². The Bertz CT molecular complexity index is 404. The smallest absolute Gasteiger partial charge is 0.493 e. The third-order valence-electron chi connectivity index (χ3n) is 1.95. The van der Waals surface area contributed by atoms with Crippen LogP contribution in [0.4, 0.5) is 13.2 Å². The third kappa shape index (κ3) is 4.25. The van der Waals surface area contributed by atoms with Crippen molar-refractivity contribution in [1.29, 1.82) is 0 Å². The predicted octanol–water partition coefficient (Wildman–Crippen LogP) is 2.42. The number of aldehydes is 1. The monoisotopic (exact) mass is 264 g/mol. The van der Waals surface area contributed by atoms with Crippen LogP contribution in [0.3, 0.4) is 0 Å². The molecule has 0 amide bonds. The number of methoxy groups -OCH3 is 1. The van der Waals surface area contributed by atoms with Gasteiger partial charge in [0.2, 0.25) is 0 Å². The predicted molar refractivity (Wildman–Crippen MR) is 55.9 cm³/mol. The fourth-order valence-electron chi connectivity index (χ4n) is 1.24. The van der Waals surface area contributed by atoms with Gasteiger partial charge in [-0.05, 0) is 12.1 Å². The van der Waals surface area contributed by atoms with Crippen molar-refractivity contribution in [2.24, 2.45) is 0 Å². The van der Waals surface area contributed by atoms with Crippen molar-refractivity contribution in [3.05, 3.63) is 23.8 Å². The number of halogens is 3. The van der Waals surface area contributed by atoms with Gasteiger partial charge >= 0.3 is 6.36 Å². The van der Waals surface area contributed by atoms with E-state index in [2.05, 4.69) is 4.74 Å². The highest BCUT2D eigenvalue weighted by molar-refractivity contribution is 5.81. The normalized spacial score (nSPS) is 11.1. The van der Waals surface area contributed by atoms with E-state index in [1.807, 2.05) is 0 Å². The van der Waals surface area contributed by atoms with Gasteiger partial charge in [-0.3, -0.25) is 9.53 Å². The molecule has 0 spiro atoms. The minimum atomic E-state index is -4.70. The van der Waals surface area contributed by atoms with Gasteiger partial charge in [0.25, 0.3) is 0 Å². The van der Waals surface area contributed by atoms with Gasteiger partial charge in [0, 0.05) is 0 Å². The summed E-state index contributed by atoms with van der Waals surface area (Å²) in [4.78, 5) is 10.7. The summed E-state index contributed by atoms with van der Waals surface area (Å²) in [5.74, 6) is 0.368. The molecule has 0 N–H and O–H groups in total. The number of carbonyl (C=O) groups is 1. The van der Waals surface area contributed by atoms with E-state index in [9.17, 15) is 18.0 Å². The van der Waals surface area contributed by atoms with E-state index in [0.717, 1.165) is 0 Å². The highest BCUT2D eigenvalue weighted by Crippen LogP contribution is 2.30. The van der Waals surface area contributed by atoms with E-state index in [1.165, 1.54) is 19.2 Å². The molecule has 7 heteroatoms. The lowest BCUT2D eigenvalue weighted by Gasteiger charge is -2.13. The van der Waals surface area contributed by atoms with E-state index in [1.54, 1.807) is 6.07 Å². The Hall–Kier alpha value is -1.76. The number of hydrogen-bond acceptors (Lipinski definition) is 4. The number of rotatable bonds is 6. The molecule has 0 aliphatic heterocycles. The quantitative estimate of drug-likeness (QED) is 0.584. The first-order chi connectivity index (χ1) is 8.48. The van der Waals surface area contributed by atoms with Crippen LogP contribution in [-0.4, -0.2) is 33.0 Å². The molecule has 4 nitrogen and oxygen atoms in total. The van der Waals surface area contributed by atoms with Gasteiger partial charge in [-0.25, -0.2) is 0 Å². The third-order valence-corrected chi connectivity index (χ3v) is 1.95. The first-order valence-corrected chi connectivity index (χ1v) is 4.93. The second-order valence-corrected chi connectivity index (χ2v) is 3.14. The Labute approximate surface area is 101 Å². The van der Waals surface area contributed by atoms with Crippen molar-refractivity contribution in [2.45, 2.75) is 6.36 Å². The van der Waals surface area contributed by atoms with Crippen LogP contribution < -0.4 is 9.47 Å². The lowest BCUT2D eigenvalue weighted by atomic mass is 10.2. The van der Waals surface area contributed by atoms with Crippen molar-refractivity contribution in [3.8, 4) is 11.5 Å². The molecule has 0 atom stereocenters. The maximum atomic E-state index is 11.7. The van der Waals surface area contributed by atoms with Crippen LogP contribution in [0.25, 0.3) is 0 Å². The fraction of sp³-hybridized carbons (Fsp3) is 0.364. The second-order valence-electron chi connectivity index (χ2n) is 3.14. The highest BCUT2D eigenvalue weighted by atomic mass is 19.4. The first kappa shape index (κ1) is 14.3. The van der Waals surface area contributed by atoms with Crippen LogP contribution in [-0.2, 0) is 4.74 Å². The molecule has 0 aliphatic carbocycles. The summed E-state index contributed by atoms with van der Waals surface area (Å²) < 4.78 is 48.7. The lowest BCUT2D eigenvalue weighted by Crippen LogP contribution is -2.18. The zero-order valence-electron chi connectivity index (χ0n) is 9.49. The summed E-state index contributed by atoms with van der Waals surface area (Å²) in [7, 11) is 1.36. The molecule has 0 aliphatic rings. The van der Waals surface area contributed by atoms with E-state index >= 15 is 0 Å². The van der Waals surface area contributed by atoms with Crippen LogP contribution in [0.5, 0.6) is 11.5 Å². The number of ether oxygens (including phenoxy) is 3. The molecule has 0 saturated carbocycles. The zero-order valence-corrected chi connectivity index (χ0v) is 9.49. The van der Waals surface area contributed by atoms with E-state index in [0.29, 0.717) is 6.29 Å². The Morgan fingerprint density at radius 3 is 2.56 bits per heavy atom. The number of benzene rings is 1.